The molecule has 6 heteroatoms. The Morgan fingerprint density at radius 1 is 1.47 bits per heavy atom. The average Bonchev–Trinajstić information content (AvgIpc) is 2.70. The normalized spacial score (nSPS) is 18.5. The quantitative estimate of drug-likeness (QED) is 0.741. The van der Waals surface area contributed by atoms with Gasteiger partial charge in [0.1, 0.15) is 5.75 Å². The number of ether oxygens (including phenoxy) is 1. The van der Waals surface area contributed by atoms with Crippen LogP contribution in [0.2, 0.25) is 0 Å². The fourth-order valence-electron chi connectivity index (χ4n) is 2.18. The number of hydrogen-bond acceptors (Lipinski definition) is 4. The molecule has 102 valence electrons. The highest BCUT2D eigenvalue weighted by Gasteiger charge is 2.21. The van der Waals surface area contributed by atoms with Gasteiger partial charge in [-0.3, -0.25) is 10.1 Å². The van der Waals surface area contributed by atoms with E-state index in [2.05, 4.69) is 0 Å². The largest absolute Gasteiger partial charge is 0.481 e. The van der Waals surface area contributed by atoms with Crippen LogP contribution >= 0.6 is 0 Å². The van der Waals surface area contributed by atoms with Gasteiger partial charge in [0.15, 0.2) is 6.10 Å². The number of fused-ring (bicyclic) bond motifs is 1. The maximum Gasteiger partial charge on any atom is 0.318 e. The number of aryl methyl sites for hydroxylation is 1. The lowest BCUT2D eigenvalue weighted by Crippen LogP contribution is -2.42. The van der Waals surface area contributed by atoms with E-state index >= 15 is 0 Å². The third kappa shape index (κ3) is 3.03. The average molecular weight is 263 g/mol. The van der Waals surface area contributed by atoms with Crippen LogP contribution in [0.4, 0.5) is 4.79 Å². The fraction of sp³-hybridized carbons (Fsp3) is 0.385. The van der Waals surface area contributed by atoms with Gasteiger partial charge in [-0.15, -0.1) is 0 Å². The van der Waals surface area contributed by atoms with Gasteiger partial charge in [-0.25, -0.2) is 4.79 Å². The molecule has 3 amide bonds. The molecule has 0 aromatic heterocycles. The van der Waals surface area contributed by atoms with E-state index < -0.39 is 18.0 Å². The Kier molecular flexibility index (Phi) is 3.71. The summed E-state index contributed by atoms with van der Waals surface area (Å²) in [7, 11) is 0. The van der Waals surface area contributed by atoms with Gasteiger partial charge in [0.2, 0.25) is 0 Å². The number of rotatable bonds is 3. The van der Waals surface area contributed by atoms with E-state index in [0.717, 1.165) is 24.0 Å². The molecule has 2 rings (SSSR count). The third-order valence-electron chi connectivity index (χ3n) is 3.17. The molecule has 0 spiro atoms. The first-order valence-corrected chi connectivity index (χ1v) is 6.12. The Balaban J connectivity index is 2.04. The van der Waals surface area contributed by atoms with Crippen molar-refractivity contribution in [3.05, 3.63) is 29.3 Å². The SMILES string of the molecule is CC(Oc1ccc2c(c1)CC[C@@H]2N)C(=O)NC(N)=O. The van der Waals surface area contributed by atoms with Crippen LogP contribution in [-0.2, 0) is 11.2 Å². The fourth-order valence-corrected chi connectivity index (χ4v) is 2.18. The summed E-state index contributed by atoms with van der Waals surface area (Å²) in [4.78, 5) is 22.1. The Bertz CT molecular complexity index is 516. The molecule has 1 aliphatic carbocycles. The van der Waals surface area contributed by atoms with Crippen molar-refractivity contribution in [2.24, 2.45) is 11.5 Å². The van der Waals surface area contributed by atoms with Gasteiger partial charge in [-0.2, -0.15) is 0 Å². The third-order valence-corrected chi connectivity index (χ3v) is 3.17. The van der Waals surface area contributed by atoms with E-state index in [1.165, 1.54) is 0 Å². The zero-order chi connectivity index (χ0) is 14.0. The number of benzene rings is 1. The second-order valence-electron chi connectivity index (χ2n) is 4.62. The highest BCUT2D eigenvalue weighted by molar-refractivity contribution is 5.95. The molecule has 0 bridgehead atoms. The van der Waals surface area contributed by atoms with Gasteiger partial charge in [-0.05, 0) is 43.0 Å². The highest BCUT2D eigenvalue weighted by atomic mass is 16.5. The number of urea groups is 1. The van der Waals surface area contributed by atoms with Gasteiger partial charge < -0.3 is 16.2 Å². The molecule has 0 radical (unpaired) electrons. The summed E-state index contributed by atoms with van der Waals surface area (Å²) < 4.78 is 5.48. The molecular weight excluding hydrogens is 246 g/mol. The number of carbonyl (C=O) groups is 2. The van der Waals surface area contributed by atoms with E-state index in [1.54, 1.807) is 13.0 Å². The minimum atomic E-state index is -0.889. The number of nitrogens with one attached hydrogen (secondary N) is 1. The first kappa shape index (κ1) is 13.4. The Labute approximate surface area is 111 Å². The minimum absolute atomic E-state index is 0.0830. The number of primary amides is 1. The van der Waals surface area contributed by atoms with E-state index in [-0.39, 0.29) is 6.04 Å². The summed E-state index contributed by atoms with van der Waals surface area (Å²) in [5.41, 5.74) is 13.1. The molecule has 0 fully saturated rings. The van der Waals surface area contributed by atoms with Crippen molar-refractivity contribution < 1.29 is 14.3 Å². The van der Waals surface area contributed by atoms with Crippen LogP contribution in [0.5, 0.6) is 5.75 Å². The second-order valence-corrected chi connectivity index (χ2v) is 4.62. The molecule has 19 heavy (non-hydrogen) atoms. The van der Waals surface area contributed by atoms with Crippen LogP contribution in [0.1, 0.15) is 30.5 Å². The molecule has 1 aromatic rings. The predicted molar refractivity (Wildman–Crippen MR) is 69.5 cm³/mol. The Hall–Kier alpha value is -2.08. The summed E-state index contributed by atoms with van der Waals surface area (Å²) in [6.07, 6.45) is 1.05. The predicted octanol–water partition coefficient (Wildman–Crippen LogP) is 0.595. The molecule has 1 aromatic carbocycles. The Morgan fingerprint density at radius 3 is 2.89 bits per heavy atom. The summed E-state index contributed by atoms with van der Waals surface area (Å²) in [6.45, 7) is 1.55. The van der Waals surface area contributed by atoms with Crippen molar-refractivity contribution in [3.63, 3.8) is 0 Å². The van der Waals surface area contributed by atoms with Crippen molar-refractivity contribution in [2.45, 2.75) is 31.9 Å². The van der Waals surface area contributed by atoms with Gasteiger partial charge in [0.05, 0.1) is 0 Å². The van der Waals surface area contributed by atoms with Gasteiger partial charge in [0, 0.05) is 6.04 Å². The van der Waals surface area contributed by atoms with Crippen LogP contribution in [-0.4, -0.2) is 18.0 Å². The maximum atomic E-state index is 11.5. The van der Waals surface area contributed by atoms with Gasteiger partial charge >= 0.3 is 6.03 Å². The van der Waals surface area contributed by atoms with Crippen molar-refractivity contribution in [2.75, 3.05) is 0 Å². The lowest BCUT2D eigenvalue weighted by Gasteiger charge is -2.14. The monoisotopic (exact) mass is 263 g/mol. The molecule has 1 aliphatic rings. The zero-order valence-electron chi connectivity index (χ0n) is 10.7. The molecule has 6 nitrogen and oxygen atoms in total. The smallest absolute Gasteiger partial charge is 0.318 e. The van der Waals surface area contributed by atoms with Crippen LogP contribution in [0, 0.1) is 0 Å². The molecule has 0 heterocycles. The van der Waals surface area contributed by atoms with Crippen molar-refractivity contribution in [1.82, 2.24) is 5.32 Å². The van der Waals surface area contributed by atoms with Crippen LogP contribution < -0.4 is 21.5 Å². The number of amides is 3. The van der Waals surface area contributed by atoms with Crippen LogP contribution in [0.25, 0.3) is 0 Å². The molecule has 1 unspecified atom stereocenters. The highest BCUT2D eigenvalue weighted by Crippen LogP contribution is 2.32. The number of carbonyl (C=O) groups excluding carboxylic acids is 2. The number of nitrogens with two attached hydrogens (primary N) is 2. The van der Waals surface area contributed by atoms with Crippen molar-refractivity contribution >= 4 is 11.9 Å². The molecule has 0 saturated heterocycles. The van der Waals surface area contributed by atoms with E-state index in [1.807, 2.05) is 17.4 Å². The standard InChI is InChI=1S/C13H17N3O3/c1-7(12(17)16-13(15)18)19-9-3-4-10-8(6-9)2-5-11(10)14/h3-4,6-7,11H,2,5,14H2,1H3,(H3,15,16,17,18)/t7?,11-/m0/s1. The summed E-state index contributed by atoms with van der Waals surface area (Å²) in [5.74, 6) is 0.0182. The topological polar surface area (TPSA) is 107 Å². The van der Waals surface area contributed by atoms with Gasteiger partial charge in [0.25, 0.3) is 5.91 Å². The summed E-state index contributed by atoms with van der Waals surface area (Å²) >= 11 is 0. The van der Waals surface area contributed by atoms with Crippen molar-refractivity contribution in [3.8, 4) is 5.75 Å². The molecular formula is C13H17N3O3. The van der Waals surface area contributed by atoms with Crippen LogP contribution in [0.3, 0.4) is 0 Å². The minimum Gasteiger partial charge on any atom is -0.481 e. The summed E-state index contributed by atoms with van der Waals surface area (Å²) in [5, 5.41) is 1.98. The molecule has 0 saturated carbocycles. The summed E-state index contributed by atoms with van der Waals surface area (Å²) in [6, 6.07) is 4.77. The molecule has 0 aliphatic heterocycles. The Morgan fingerprint density at radius 2 is 2.21 bits per heavy atom. The lowest BCUT2D eigenvalue weighted by atomic mass is 10.1. The molecule has 2 atom stereocenters. The van der Waals surface area contributed by atoms with Crippen molar-refractivity contribution in [1.29, 1.82) is 0 Å². The second kappa shape index (κ2) is 5.27. The first-order valence-electron chi connectivity index (χ1n) is 6.12. The van der Waals surface area contributed by atoms with E-state index in [4.69, 9.17) is 16.2 Å². The molecule has 5 N–H and O–H groups in total. The van der Waals surface area contributed by atoms with E-state index in [0.29, 0.717) is 5.75 Å². The maximum absolute atomic E-state index is 11.5. The van der Waals surface area contributed by atoms with Gasteiger partial charge in [-0.1, -0.05) is 6.07 Å². The van der Waals surface area contributed by atoms with E-state index in [9.17, 15) is 9.59 Å². The number of hydrogen-bond donors (Lipinski definition) is 3. The first-order chi connectivity index (χ1) is 8.97. The number of imide groups is 1. The van der Waals surface area contributed by atoms with Crippen LogP contribution in [0.15, 0.2) is 18.2 Å². The lowest BCUT2D eigenvalue weighted by molar-refractivity contribution is -0.126. The zero-order valence-corrected chi connectivity index (χ0v) is 10.7.